The van der Waals surface area contributed by atoms with Crippen LogP contribution in [0.25, 0.3) is 10.4 Å². The Kier molecular flexibility index (Phi) is 8.03. The third-order valence-electron chi connectivity index (χ3n) is 2.67. The maximum absolute atomic E-state index is 11.4. The van der Waals surface area contributed by atoms with Crippen molar-refractivity contribution >= 4 is 17.5 Å². The number of Topliss-reactive ketones (excluding diaryl/α,β-unsaturated/α-hetero) is 2. The quantitative estimate of drug-likeness (QED) is 0.145. The second kappa shape index (κ2) is 9.87. The highest BCUT2D eigenvalue weighted by molar-refractivity contribution is 6.12. The second-order valence-corrected chi connectivity index (χ2v) is 4.23. The molecule has 0 unspecified atom stereocenters. The molecule has 0 aliphatic heterocycles. The van der Waals surface area contributed by atoms with Gasteiger partial charge in [-0.25, -0.2) is 0 Å². The molecule has 1 rings (SSSR count). The zero-order valence-corrected chi connectivity index (χ0v) is 11.5. The van der Waals surface area contributed by atoms with E-state index < -0.39 is 12.1 Å². The summed E-state index contributed by atoms with van der Waals surface area (Å²) in [5.74, 6) is -1.32. The summed E-state index contributed by atoms with van der Waals surface area (Å²) in [5, 5.41) is 3.29. The fourth-order valence-corrected chi connectivity index (χ4v) is 1.64. The van der Waals surface area contributed by atoms with E-state index in [1.54, 1.807) is 0 Å². The maximum Gasteiger partial charge on any atom is 0.309 e. The van der Waals surface area contributed by atoms with Crippen LogP contribution in [0.4, 0.5) is 0 Å². The van der Waals surface area contributed by atoms with Crippen molar-refractivity contribution in [2.75, 3.05) is 33.0 Å². The van der Waals surface area contributed by atoms with Crippen LogP contribution in [0.3, 0.4) is 0 Å². The minimum atomic E-state index is -1.22. The van der Waals surface area contributed by atoms with E-state index >= 15 is 0 Å². The van der Waals surface area contributed by atoms with E-state index in [1.807, 2.05) is 0 Å². The lowest BCUT2D eigenvalue weighted by atomic mass is 10.3. The Labute approximate surface area is 121 Å². The van der Waals surface area contributed by atoms with Crippen LogP contribution in [-0.2, 0) is 28.6 Å². The summed E-state index contributed by atoms with van der Waals surface area (Å²) in [6, 6.07) is 0. The third-order valence-corrected chi connectivity index (χ3v) is 2.67. The van der Waals surface area contributed by atoms with Crippen LogP contribution in [0.5, 0.6) is 0 Å². The first kappa shape index (κ1) is 17.1. The Morgan fingerprint density at radius 2 is 1.76 bits per heavy atom. The van der Waals surface area contributed by atoms with Crippen LogP contribution in [0, 0.1) is 0 Å². The summed E-state index contributed by atoms with van der Waals surface area (Å²) in [6.07, 6.45) is -0.974. The van der Waals surface area contributed by atoms with Crippen molar-refractivity contribution in [2.24, 2.45) is 5.11 Å². The van der Waals surface area contributed by atoms with Crippen LogP contribution in [0.15, 0.2) is 5.11 Å². The smallest absolute Gasteiger partial charge is 0.309 e. The molecule has 1 saturated carbocycles. The number of ketones is 2. The van der Waals surface area contributed by atoms with Crippen molar-refractivity contribution in [3.05, 3.63) is 10.4 Å². The van der Waals surface area contributed by atoms with Gasteiger partial charge < -0.3 is 14.2 Å². The number of nitrogens with zero attached hydrogens (tertiary/aromatic N) is 3. The molecule has 0 bridgehead atoms. The van der Waals surface area contributed by atoms with Crippen molar-refractivity contribution in [1.82, 2.24) is 0 Å². The van der Waals surface area contributed by atoms with Crippen LogP contribution in [0.2, 0.25) is 0 Å². The molecule has 0 aromatic rings. The number of rotatable bonds is 10. The lowest BCUT2D eigenvalue weighted by Gasteiger charge is -2.09. The molecule has 0 heterocycles. The van der Waals surface area contributed by atoms with Gasteiger partial charge in [0.05, 0.1) is 32.8 Å². The lowest BCUT2D eigenvalue weighted by molar-refractivity contribution is -0.158. The van der Waals surface area contributed by atoms with Gasteiger partial charge >= 0.3 is 5.97 Å². The summed E-state index contributed by atoms with van der Waals surface area (Å²) < 4.78 is 15.0. The molecular formula is C12H17N3O6. The van der Waals surface area contributed by atoms with Crippen LogP contribution in [-0.4, -0.2) is 56.6 Å². The lowest BCUT2D eigenvalue weighted by Crippen LogP contribution is -2.28. The molecule has 1 fully saturated rings. The average molecular weight is 299 g/mol. The summed E-state index contributed by atoms with van der Waals surface area (Å²) in [6.45, 7) is 1.28. The Morgan fingerprint density at radius 3 is 2.38 bits per heavy atom. The van der Waals surface area contributed by atoms with Gasteiger partial charge in [-0.05, 0) is 5.53 Å². The van der Waals surface area contributed by atoms with Gasteiger partial charge in [-0.2, -0.15) is 0 Å². The monoisotopic (exact) mass is 299 g/mol. The fourth-order valence-electron chi connectivity index (χ4n) is 1.64. The van der Waals surface area contributed by atoms with Gasteiger partial charge in [-0.3, -0.25) is 14.4 Å². The highest BCUT2D eigenvalue weighted by atomic mass is 16.6. The third kappa shape index (κ3) is 6.84. The first-order valence-corrected chi connectivity index (χ1v) is 6.56. The molecule has 9 heteroatoms. The normalized spacial score (nSPS) is 15.0. The maximum atomic E-state index is 11.4. The number of hydrogen-bond acceptors (Lipinski definition) is 7. The van der Waals surface area contributed by atoms with Crippen LogP contribution < -0.4 is 0 Å². The Bertz CT molecular complexity index is 417. The molecule has 0 spiro atoms. The molecule has 116 valence electrons. The van der Waals surface area contributed by atoms with Gasteiger partial charge in [0.25, 0.3) is 0 Å². The first-order valence-electron chi connectivity index (χ1n) is 6.56. The van der Waals surface area contributed by atoms with Crippen molar-refractivity contribution < 1.29 is 28.6 Å². The SMILES string of the molecule is [N-]=[N+]=NCCOCCOCCC(=O)OC1C(=O)CCC1=O. The predicted octanol–water partition coefficient (Wildman–Crippen LogP) is 0.564. The molecule has 0 atom stereocenters. The molecule has 21 heavy (non-hydrogen) atoms. The van der Waals surface area contributed by atoms with E-state index in [4.69, 9.17) is 19.7 Å². The Balaban J connectivity index is 2.00. The minimum Gasteiger partial charge on any atom is -0.446 e. The fraction of sp³-hybridized carbons (Fsp3) is 0.750. The average Bonchev–Trinajstić information content (AvgIpc) is 2.77. The number of carbonyl (C=O) groups excluding carboxylic acids is 3. The highest BCUT2D eigenvalue weighted by Crippen LogP contribution is 2.14. The molecule has 9 nitrogen and oxygen atoms in total. The molecular weight excluding hydrogens is 282 g/mol. The number of carbonyl (C=O) groups is 3. The first-order chi connectivity index (χ1) is 10.1. The van der Waals surface area contributed by atoms with Crippen molar-refractivity contribution in [3.63, 3.8) is 0 Å². The van der Waals surface area contributed by atoms with Crippen molar-refractivity contribution in [1.29, 1.82) is 0 Å². The van der Waals surface area contributed by atoms with Gasteiger partial charge in [0, 0.05) is 24.3 Å². The van der Waals surface area contributed by atoms with Gasteiger partial charge in [-0.1, -0.05) is 5.11 Å². The molecule has 1 aliphatic rings. The summed E-state index contributed by atoms with van der Waals surface area (Å²) in [4.78, 5) is 36.5. The Morgan fingerprint density at radius 1 is 1.14 bits per heavy atom. The van der Waals surface area contributed by atoms with E-state index in [0.29, 0.717) is 13.2 Å². The molecule has 1 aliphatic carbocycles. The standard InChI is InChI=1S/C12H17N3O6/c13-15-14-4-6-20-8-7-19-5-3-11(18)21-12-9(16)1-2-10(12)17/h12H,1-8H2. The van der Waals surface area contributed by atoms with Crippen molar-refractivity contribution in [2.45, 2.75) is 25.4 Å². The molecule has 0 aromatic carbocycles. The molecule has 0 amide bonds. The molecule has 0 saturated heterocycles. The van der Waals surface area contributed by atoms with E-state index in [9.17, 15) is 14.4 Å². The topological polar surface area (TPSA) is 128 Å². The van der Waals surface area contributed by atoms with Crippen molar-refractivity contribution in [3.8, 4) is 0 Å². The van der Waals surface area contributed by atoms with Crippen LogP contribution in [0.1, 0.15) is 19.3 Å². The summed E-state index contributed by atoms with van der Waals surface area (Å²) >= 11 is 0. The second-order valence-electron chi connectivity index (χ2n) is 4.23. The van der Waals surface area contributed by atoms with E-state index in [-0.39, 0.29) is 50.6 Å². The number of hydrogen-bond donors (Lipinski definition) is 0. The highest BCUT2D eigenvalue weighted by Gasteiger charge is 2.35. The molecule has 0 N–H and O–H groups in total. The minimum absolute atomic E-state index is 0.0320. The van der Waals surface area contributed by atoms with E-state index in [2.05, 4.69) is 10.0 Å². The van der Waals surface area contributed by atoms with E-state index in [0.717, 1.165) is 0 Å². The van der Waals surface area contributed by atoms with Gasteiger partial charge in [0.15, 0.2) is 11.6 Å². The molecule has 0 radical (unpaired) electrons. The predicted molar refractivity (Wildman–Crippen MR) is 69.4 cm³/mol. The van der Waals surface area contributed by atoms with Gasteiger partial charge in [0.1, 0.15) is 0 Å². The number of azide groups is 1. The Hall–Kier alpha value is -1.96. The van der Waals surface area contributed by atoms with Gasteiger partial charge in [-0.15, -0.1) is 0 Å². The van der Waals surface area contributed by atoms with Gasteiger partial charge in [0.2, 0.25) is 6.10 Å². The zero-order valence-electron chi connectivity index (χ0n) is 11.5. The number of ether oxygens (including phenoxy) is 3. The van der Waals surface area contributed by atoms with Crippen LogP contribution >= 0.6 is 0 Å². The summed E-state index contributed by atoms with van der Waals surface area (Å²) in [5.41, 5.74) is 8.02. The zero-order chi connectivity index (χ0) is 15.5. The largest absolute Gasteiger partial charge is 0.446 e. The van der Waals surface area contributed by atoms with E-state index in [1.165, 1.54) is 0 Å². The number of esters is 1. The molecule has 0 aromatic heterocycles. The summed E-state index contributed by atoms with van der Waals surface area (Å²) in [7, 11) is 0.